The third kappa shape index (κ3) is 1.20. The first-order chi connectivity index (χ1) is 7.40. The minimum Gasteiger partial charge on any atom is -0.236 e. The van der Waals surface area contributed by atoms with Crippen molar-refractivity contribution in [3.05, 3.63) is 53.6 Å². The van der Waals surface area contributed by atoms with Crippen molar-refractivity contribution in [3.63, 3.8) is 0 Å². The van der Waals surface area contributed by atoms with Crippen LogP contribution in [0.1, 0.15) is 17.0 Å². The van der Waals surface area contributed by atoms with Gasteiger partial charge in [0.25, 0.3) is 0 Å². The molecule has 0 aliphatic heterocycles. The largest absolute Gasteiger partial charge is 0.236 e. The summed E-state index contributed by atoms with van der Waals surface area (Å²) in [7, 11) is 0. The molecule has 1 atom stereocenters. The van der Waals surface area contributed by atoms with Crippen LogP contribution in [0.2, 0.25) is 0 Å². The van der Waals surface area contributed by atoms with Gasteiger partial charge in [-0.25, -0.2) is 5.11 Å². The molecule has 3 rings (SSSR count). The SMILES string of the molecule is [O]CC1C=Cc2cccc3cccc1c23. The highest BCUT2D eigenvalue weighted by atomic mass is 16.3. The van der Waals surface area contributed by atoms with E-state index >= 15 is 0 Å². The Labute approximate surface area is 88.7 Å². The highest BCUT2D eigenvalue weighted by Gasteiger charge is 2.16. The Morgan fingerprint density at radius 2 is 1.87 bits per heavy atom. The maximum atomic E-state index is 11.1. The third-order valence-corrected chi connectivity index (χ3v) is 3.06. The molecule has 0 amide bonds. The van der Waals surface area contributed by atoms with Gasteiger partial charge in [-0.3, -0.25) is 0 Å². The van der Waals surface area contributed by atoms with Gasteiger partial charge in [-0.1, -0.05) is 48.6 Å². The monoisotopic (exact) mass is 195 g/mol. The zero-order valence-corrected chi connectivity index (χ0v) is 8.31. The van der Waals surface area contributed by atoms with Crippen LogP contribution < -0.4 is 0 Å². The molecule has 0 N–H and O–H groups in total. The Bertz CT molecular complexity index is 535. The summed E-state index contributed by atoms with van der Waals surface area (Å²) in [4.78, 5) is 0. The fourth-order valence-electron chi connectivity index (χ4n) is 2.32. The molecule has 1 unspecified atom stereocenters. The summed E-state index contributed by atoms with van der Waals surface area (Å²) in [6.45, 7) is -0.0655. The van der Waals surface area contributed by atoms with E-state index in [9.17, 15) is 5.11 Å². The maximum Gasteiger partial charge on any atom is 0.0925 e. The van der Waals surface area contributed by atoms with Gasteiger partial charge in [0.2, 0.25) is 0 Å². The lowest BCUT2D eigenvalue weighted by molar-refractivity contribution is 0.185. The van der Waals surface area contributed by atoms with Gasteiger partial charge in [0.1, 0.15) is 0 Å². The molecule has 1 nitrogen and oxygen atoms in total. The van der Waals surface area contributed by atoms with Crippen LogP contribution in [-0.4, -0.2) is 6.61 Å². The van der Waals surface area contributed by atoms with Crippen molar-refractivity contribution >= 4 is 16.8 Å². The zero-order valence-electron chi connectivity index (χ0n) is 8.31. The fourth-order valence-corrected chi connectivity index (χ4v) is 2.32. The normalized spacial score (nSPS) is 18.3. The maximum absolute atomic E-state index is 11.1. The molecular weight excluding hydrogens is 184 g/mol. The van der Waals surface area contributed by atoms with Gasteiger partial charge in [0, 0.05) is 5.92 Å². The van der Waals surface area contributed by atoms with Crippen molar-refractivity contribution in [2.45, 2.75) is 5.92 Å². The molecule has 0 fully saturated rings. The molecule has 1 radical (unpaired) electrons. The van der Waals surface area contributed by atoms with Crippen LogP contribution in [0, 0.1) is 0 Å². The molecule has 2 aromatic rings. The summed E-state index contributed by atoms with van der Waals surface area (Å²) in [6.07, 6.45) is 4.09. The van der Waals surface area contributed by atoms with Gasteiger partial charge in [-0.05, 0) is 21.9 Å². The highest BCUT2D eigenvalue weighted by molar-refractivity contribution is 5.95. The summed E-state index contributed by atoms with van der Waals surface area (Å²) in [6, 6.07) is 12.5. The van der Waals surface area contributed by atoms with Crippen LogP contribution in [0.5, 0.6) is 0 Å². The topological polar surface area (TPSA) is 19.9 Å². The molecule has 2 aromatic carbocycles. The summed E-state index contributed by atoms with van der Waals surface area (Å²) >= 11 is 0. The molecule has 0 aromatic heterocycles. The standard InChI is InChI=1S/C14H11O/c15-9-12-8-7-11-4-1-3-10-5-2-6-13(12)14(10)11/h1-8,12H,9H2. The van der Waals surface area contributed by atoms with Crippen LogP contribution >= 0.6 is 0 Å². The average molecular weight is 195 g/mol. The first kappa shape index (κ1) is 8.69. The molecule has 0 saturated heterocycles. The van der Waals surface area contributed by atoms with E-state index in [4.69, 9.17) is 0 Å². The Hall–Kier alpha value is -1.60. The average Bonchev–Trinajstić information content (AvgIpc) is 2.30. The number of rotatable bonds is 1. The predicted molar refractivity (Wildman–Crippen MR) is 61.3 cm³/mol. The van der Waals surface area contributed by atoms with Crippen LogP contribution in [0.3, 0.4) is 0 Å². The van der Waals surface area contributed by atoms with Crippen LogP contribution in [0.4, 0.5) is 0 Å². The summed E-state index contributed by atoms with van der Waals surface area (Å²) in [5, 5.41) is 13.6. The molecule has 1 heteroatoms. The second kappa shape index (κ2) is 3.21. The molecule has 1 aliphatic carbocycles. The lowest BCUT2D eigenvalue weighted by Gasteiger charge is -2.18. The predicted octanol–water partition coefficient (Wildman–Crippen LogP) is 3.38. The van der Waals surface area contributed by atoms with Gasteiger partial charge in [-0.15, -0.1) is 0 Å². The van der Waals surface area contributed by atoms with Crippen molar-refractivity contribution in [2.24, 2.45) is 0 Å². The van der Waals surface area contributed by atoms with Gasteiger partial charge >= 0.3 is 0 Å². The Morgan fingerprint density at radius 3 is 2.67 bits per heavy atom. The lowest BCUT2D eigenvalue weighted by Crippen LogP contribution is -2.04. The number of hydrogen-bond acceptors (Lipinski definition) is 0. The van der Waals surface area contributed by atoms with E-state index in [2.05, 4.69) is 36.4 Å². The molecule has 1 aliphatic rings. The molecule has 0 spiro atoms. The van der Waals surface area contributed by atoms with Gasteiger partial charge < -0.3 is 0 Å². The van der Waals surface area contributed by atoms with Crippen molar-refractivity contribution in [1.29, 1.82) is 0 Å². The first-order valence-corrected chi connectivity index (χ1v) is 5.18. The van der Waals surface area contributed by atoms with Crippen molar-refractivity contribution < 1.29 is 5.11 Å². The molecular formula is C14H11O. The van der Waals surface area contributed by atoms with Crippen LogP contribution in [-0.2, 0) is 5.11 Å². The Morgan fingerprint density at radius 1 is 1.07 bits per heavy atom. The molecule has 0 saturated carbocycles. The fraction of sp³-hybridized carbons (Fsp3) is 0.143. The second-order valence-electron chi connectivity index (χ2n) is 3.92. The van der Waals surface area contributed by atoms with Crippen molar-refractivity contribution in [1.82, 2.24) is 0 Å². The van der Waals surface area contributed by atoms with Crippen LogP contribution in [0.15, 0.2) is 42.5 Å². The first-order valence-electron chi connectivity index (χ1n) is 5.18. The van der Waals surface area contributed by atoms with Gasteiger partial charge in [-0.2, -0.15) is 0 Å². The number of hydrogen-bond donors (Lipinski definition) is 0. The molecule has 73 valence electrons. The molecule has 15 heavy (non-hydrogen) atoms. The molecule has 0 heterocycles. The van der Waals surface area contributed by atoms with E-state index in [-0.39, 0.29) is 12.5 Å². The quantitative estimate of drug-likeness (QED) is 0.664. The highest BCUT2D eigenvalue weighted by Crippen LogP contribution is 2.34. The second-order valence-corrected chi connectivity index (χ2v) is 3.92. The van der Waals surface area contributed by atoms with Gasteiger partial charge in [0.15, 0.2) is 0 Å². The molecule has 0 bridgehead atoms. The minimum atomic E-state index is -0.0655. The van der Waals surface area contributed by atoms with E-state index in [0.717, 1.165) is 0 Å². The van der Waals surface area contributed by atoms with Crippen molar-refractivity contribution in [3.8, 4) is 0 Å². The Kier molecular flexibility index (Phi) is 1.86. The Balaban J connectivity index is 2.41. The van der Waals surface area contributed by atoms with E-state index in [1.165, 1.54) is 21.9 Å². The van der Waals surface area contributed by atoms with E-state index < -0.39 is 0 Å². The number of benzene rings is 2. The third-order valence-electron chi connectivity index (χ3n) is 3.06. The minimum absolute atomic E-state index is 0.0450. The van der Waals surface area contributed by atoms with E-state index in [1.807, 2.05) is 12.1 Å². The van der Waals surface area contributed by atoms with Gasteiger partial charge in [0.05, 0.1) is 6.61 Å². The van der Waals surface area contributed by atoms with E-state index in [0.29, 0.717) is 0 Å². The van der Waals surface area contributed by atoms with Crippen LogP contribution in [0.25, 0.3) is 16.8 Å². The zero-order chi connectivity index (χ0) is 10.3. The summed E-state index contributed by atoms with van der Waals surface area (Å²) in [5.41, 5.74) is 2.41. The van der Waals surface area contributed by atoms with Crippen molar-refractivity contribution in [2.75, 3.05) is 6.61 Å². The van der Waals surface area contributed by atoms with E-state index in [1.54, 1.807) is 0 Å². The smallest absolute Gasteiger partial charge is 0.0925 e. The lowest BCUT2D eigenvalue weighted by atomic mass is 9.86. The summed E-state index contributed by atoms with van der Waals surface area (Å²) < 4.78 is 0. The summed E-state index contributed by atoms with van der Waals surface area (Å²) in [5.74, 6) is 0.0450.